The fourth-order valence-corrected chi connectivity index (χ4v) is 4.42. The number of aromatic nitrogens is 1. The molecule has 0 aliphatic heterocycles. The second-order valence-electron chi connectivity index (χ2n) is 8.68. The van der Waals surface area contributed by atoms with Crippen molar-refractivity contribution in [2.45, 2.75) is 64.3 Å². The Kier molecular flexibility index (Phi) is 7.93. The molecular formula is C23H27F4N3O4S. The van der Waals surface area contributed by atoms with Crippen LogP contribution in [0.25, 0.3) is 0 Å². The minimum Gasteiger partial charge on any atom is -0.474 e. The van der Waals surface area contributed by atoms with Gasteiger partial charge in [-0.25, -0.2) is 17.8 Å². The standard InChI is InChI=1S/C23H27F4N3O4S/c1-13-10-20(23(25,26)27)29-22(34-16-6-4-5-7-16)17(13)12-28-21(31)14(2)15-8-9-19(18(24)11-15)30-35(3,32)33/h8-11,14,16,30H,4-7,12H2,1-3H3,(H,28,31). The van der Waals surface area contributed by atoms with E-state index in [1.807, 2.05) is 4.72 Å². The van der Waals surface area contributed by atoms with E-state index in [1.165, 1.54) is 26.0 Å². The van der Waals surface area contributed by atoms with Crippen LogP contribution in [0.4, 0.5) is 23.2 Å². The molecule has 1 aromatic carbocycles. The van der Waals surface area contributed by atoms with Gasteiger partial charge in [-0.3, -0.25) is 9.52 Å². The topological polar surface area (TPSA) is 97.4 Å². The monoisotopic (exact) mass is 517 g/mol. The van der Waals surface area contributed by atoms with E-state index in [4.69, 9.17) is 4.74 Å². The zero-order valence-electron chi connectivity index (χ0n) is 19.5. The van der Waals surface area contributed by atoms with Crippen LogP contribution in [-0.2, 0) is 27.5 Å². The maximum atomic E-state index is 14.3. The van der Waals surface area contributed by atoms with Crippen LogP contribution in [0.15, 0.2) is 24.3 Å². The first-order chi connectivity index (χ1) is 16.2. The quantitative estimate of drug-likeness (QED) is 0.497. The number of halogens is 4. The molecule has 1 fully saturated rings. The van der Waals surface area contributed by atoms with Crippen LogP contribution in [0, 0.1) is 12.7 Å². The van der Waals surface area contributed by atoms with E-state index in [2.05, 4.69) is 10.3 Å². The Morgan fingerprint density at radius 3 is 2.46 bits per heavy atom. The van der Waals surface area contributed by atoms with Crippen LogP contribution < -0.4 is 14.8 Å². The summed E-state index contributed by atoms with van der Waals surface area (Å²) in [4.78, 5) is 16.4. The number of nitrogens with zero attached hydrogens (tertiary/aromatic N) is 1. The number of ether oxygens (including phenoxy) is 1. The molecule has 1 atom stereocenters. The van der Waals surface area contributed by atoms with Gasteiger partial charge in [0, 0.05) is 12.1 Å². The molecule has 2 aromatic rings. The summed E-state index contributed by atoms with van der Waals surface area (Å²) in [5, 5.41) is 2.66. The van der Waals surface area contributed by atoms with Crippen LogP contribution in [-0.4, -0.2) is 31.7 Å². The summed E-state index contributed by atoms with van der Waals surface area (Å²) in [5.74, 6) is -2.32. The molecule has 1 saturated carbocycles. The molecule has 35 heavy (non-hydrogen) atoms. The maximum absolute atomic E-state index is 14.3. The second kappa shape index (κ2) is 10.4. The van der Waals surface area contributed by atoms with Crippen LogP contribution in [0.5, 0.6) is 5.88 Å². The lowest BCUT2D eigenvalue weighted by Crippen LogP contribution is -2.29. The van der Waals surface area contributed by atoms with Gasteiger partial charge in [-0.05, 0) is 68.9 Å². The van der Waals surface area contributed by atoms with Gasteiger partial charge in [0.2, 0.25) is 21.8 Å². The first-order valence-corrected chi connectivity index (χ1v) is 12.9. The van der Waals surface area contributed by atoms with Crippen LogP contribution in [0.3, 0.4) is 0 Å². The average molecular weight is 518 g/mol. The molecule has 7 nitrogen and oxygen atoms in total. The second-order valence-corrected chi connectivity index (χ2v) is 10.4. The van der Waals surface area contributed by atoms with Gasteiger partial charge >= 0.3 is 6.18 Å². The number of pyridine rings is 1. The van der Waals surface area contributed by atoms with Crippen molar-refractivity contribution in [1.29, 1.82) is 0 Å². The van der Waals surface area contributed by atoms with E-state index < -0.39 is 39.5 Å². The summed E-state index contributed by atoms with van der Waals surface area (Å²) in [7, 11) is -3.68. The van der Waals surface area contributed by atoms with Gasteiger partial charge in [-0.1, -0.05) is 6.07 Å². The molecular weight excluding hydrogens is 490 g/mol. The zero-order valence-corrected chi connectivity index (χ0v) is 20.3. The summed E-state index contributed by atoms with van der Waals surface area (Å²) in [6.45, 7) is 2.90. The first-order valence-electron chi connectivity index (χ1n) is 11.0. The molecule has 1 amide bonds. The van der Waals surface area contributed by atoms with Gasteiger partial charge in [-0.2, -0.15) is 13.2 Å². The minimum absolute atomic E-state index is 0.127. The molecule has 1 unspecified atom stereocenters. The number of anilines is 1. The fraction of sp³-hybridized carbons (Fsp3) is 0.478. The van der Waals surface area contributed by atoms with E-state index in [0.29, 0.717) is 11.1 Å². The Bertz CT molecular complexity index is 1200. The molecule has 1 heterocycles. The SMILES string of the molecule is Cc1cc(C(F)(F)F)nc(OC2CCCC2)c1CNC(=O)C(C)c1ccc(NS(C)(=O)=O)c(F)c1. The number of rotatable bonds is 8. The Morgan fingerprint density at radius 1 is 1.23 bits per heavy atom. The van der Waals surface area contributed by atoms with Crippen molar-refractivity contribution >= 4 is 21.6 Å². The highest BCUT2D eigenvalue weighted by molar-refractivity contribution is 7.92. The lowest BCUT2D eigenvalue weighted by atomic mass is 9.99. The van der Waals surface area contributed by atoms with Gasteiger partial charge < -0.3 is 10.1 Å². The molecule has 0 saturated heterocycles. The summed E-state index contributed by atoms with van der Waals surface area (Å²) in [6, 6.07) is 4.60. The third kappa shape index (κ3) is 7.06. The fourth-order valence-electron chi connectivity index (χ4n) is 3.85. The average Bonchev–Trinajstić information content (AvgIpc) is 3.25. The minimum atomic E-state index is -4.64. The van der Waals surface area contributed by atoms with E-state index in [1.54, 1.807) is 0 Å². The number of carbonyl (C=O) groups excluding carboxylic acids is 1. The number of benzene rings is 1. The molecule has 192 valence electrons. The van der Waals surface area contributed by atoms with Crippen LogP contribution in [0.1, 0.15) is 60.9 Å². The van der Waals surface area contributed by atoms with E-state index in [-0.39, 0.29) is 29.8 Å². The van der Waals surface area contributed by atoms with Gasteiger partial charge in [-0.15, -0.1) is 0 Å². The van der Waals surface area contributed by atoms with Crippen LogP contribution >= 0.6 is 0 Å². The molecule has 1 aromatic heterocycles. The number of hydrogen-bond acceptors (Lipinski definition) is 5. The van der Waals surface area contributed by atoms with Crippen molar-refractivity contribution in [3.05, 3.63) is 52.5 Å². The van der Waals surface area contributed by atoms with Crippen molar-refractivity contribution in [2.75, 3.05) is 11.0 Å². The predicted octanol–water partition coefficient (Wildman–Crippen LogP) is 4.66. The Labute approximate surface area is 201 Å². The van der Waals surface area contributed by atoms with Gasteiger partial charge in [0.15, 0.2) is 0 Å². The molecule has 12 heteroatoms. The number of alkyl halides is 3. The van der Waals surface area contributed by atoms with E-state index >= 15 is 0 Å². The normalized spacial score (nSPS) is 15.6. The van der Waals surface area contributed by atoms with Crippen LogP contribution in [0.2, 0.25) is 0 Å². The Balaban J connectivity index is 1.77. The third-order valence-corrected chi connectivity index (χ3v) is 6.39. The summed E-state index contributed by atoms with van der Waals surface area (Å²) in [6.07, 6.45) is -0.718. The molecule has 0 bridgehead atoms. The van der Waals surface area contributed by atoms with Crippen molar-refractivity contribution in [1.82, 2.24) is 10.3 Å². The van der Waals surface area contributed by atoms with Crippen molar-refractivity contribution < 1.29 is 35.5 Å². The smallest absolute Gasteiger partial charge is 0.433 e. The zero-order chi connectivity index (χ0) is 26.0. The highest BCUT2D eigenvalue weighted by Crippen LogP contribution is 2.34. The van der Waals surface area contributed by atoms with Gasteiger partial charge in [0.05, 0.1) is 17.9 Å². The molecule has 0 spiro atoms. The van der Waals surface area contributed by atoms with E-state index in [9.17, 15) is 30.8 Å². The van der Waals surface area contributed by atoms with Crippen molar-refractivity contribution in [3.8, 4) is 5.88 Å². The molecule has 2 N–H and O–H groups in total. The van der Waals surface area contributed by atoms with E-state index in [0.717, 1.165) is 44.1 Å². The molecule has 1 aliphatic carbocycles. The highest BCUT2D eigenvalue weighted by Gasteiger charge is 2.35. The van der Waals surface area contributed by atoms with Gasteiger partial charge in [0.25, 0.3) is 0 Å². The lowest BCUT2D eigenvalue weighted by molar-refractivity contribution is -0.141. The van der Waals surface area contributed by atoms with Crippen molar-refractivity contribution in [3.63, 3.8) is 0 Å². The molecule has 3 rings (SSSR count). The maximum Gasteiger partial charge on any atom is 0.433 e. The number of hydrogen-bond donors (Lipinski definition) is 2. The number of nitrogens with one attached hydrogen (secondary N) is 2. The summed E-state index contributed by atoms with van der Waals surface area (Å²) < 4.78 is 84.7. The summed E-state index contributed by atoms with van der Waals surface area (Å²) in [5.41, 5.74) is -0.405. The molecule has 1 aliphatic rings. The first kappa shape index (κ1) is 26.7. The van der Waals surface area contributed by atoms with Crippen molar-refractivity contribution in [2.24, 2.45) is 0 Å². The number of sulfonamides is 1. The largest absolute Gasteiger partial charge is 0.474 e. The number of aryl methyl sites for hydroxylation is 1. The third-order valence-electron chi connectivity index (χ3n) is 5.80. The lowest BCUT2D eigenvalue weighted by Gasteiger charge is -2.20. The Morgan fingerprint density at radius 2 is 1.89 bits per heavy atom. The summed E-state index contributed by atoms with van der Waals surface area (Å²) >= 11 is 0. The predicted molar refractivity (Wildman–Crippen MR) is 122 cm³/mol. The number of carbonyl (C=O) groups is 1. The number of amides is 1. The van der Waals surface area contributed by atoms with Gasteiger partial charge in [0.1, 0.15) is 17.6 Å². The Hall–Kier alpha value is -2.89. The molecule has 0 radical (unpaired) electrons. The highest BCUT2D eigenvalue weighted by atomic mass is 32.2.